The first kappa shape index (κ1) is 14.6. The van der Waals surface area contributed by atoms with Crippen LogP contribution in [0.25, 0.3) is 0 Å². The Balaban J connectivity index is 2.51. The fraction of sp³-hybridized carbons (Fsp3) is 0.333. The molecule has 0 aliphatic carbocycles. The average molecular weight is 350 g/mol. The molecular formula is C12H13BrFNO3S. The normalized spacial score (nSPS) is 16.8. The van der Waals surface area contributed by atoms with E-state index in [4.69, 9.17) is 5.11 Å². The second-order valence-electron chi connectivity index (χ2n) is 4.16. The van der Waals surface area contributed by atoms with Crippen molar-refractivity contribution in [2.45, 2.75) is 17.9 Å². The van der Waals surface area contributed by atoms with Gasteiger partial charge in [0.05, 0.1) is 6.61 Å². The van der Waals surface area contributed by atoms with Crippen LogP contribution in [-0.2, 0) is 16.6 Å². The number of aliphatic hydroxyl groups is 1. The molecule has 0 saturated heterocycles. The van der Waals surface area contributed by atoms with Gasteiger partial charge in [0, 0.05) is 23.1 Å². The van der Waals surface area contributed by atoms with Gasteiger partial charge in [-0.2, -0.15) is 4.31 Å². The van der Waals surface area contributed by atoms with Crippen LogP contribution in [0.15, 0.2) is 33.7 Å². The molecule has 0 bridgehead atoms. The molecule has 1 aromatic carbocycles. The van der Waals surface area contributed by atoms with Crippen molar-refractivity contribution in [1.82, 2.24) is 4.31 Å². The van der Waals surface area contributed by atoms with E-state index in [-0.39, 0.29) is 12.1 Å². The predicted molar refractivity (Wildman–Crippen MR) is 72.5 cm³/mol. The summed E-state index contributed by atoms with van der Waals surface area (Å²) in [6.45, 7) is 0.0235. The van der Waals surface area contributed by atoms with E-state index in [1.165, 1.54) is 16.4 Å². The van der Waals surface area contributed by atoms with Crippen LogP contribution in [0.3, 0.4) is 0 Å². The maximum absolute atomic E-state index is 14.1. The Morgan fingerprint density at radius 1 is 1.37 bits per heavy atom. The van der Waals surface area contributed by atoms with E-state index in [2.05, 4.69) is 15.9 Å². The van der Waals surface area contributed by atoms with E-state index < -0.39 is 27.3 Å². The van der Waals surface area contributed by atoms with Crippen molar-refractivity contribution in [3.8, 4) is 0 Å². The minimum absolute atomic E-state index is 0.0412. The summed E-state index contributed by atoms with van der Waals surface area (Å²) in [6.07, 6.45) is 4.24. The molecule has 0 unspecified atom stereocenters. The second-order valence-corrected chi connectivity index (χ2v) is 6.98. The number of hydrogen-bond donors (Lipinski definition) is 1. The lowest BCUT2D eigenvalue weighted by molar-refractivity contribution is 0.274. The van der Waals surface area contributed by atoms with Gasteiger partial charge >= 0.3 is 0 Å². The number of rotatable bonds is 3. The number of aliphatic hydroxyl groups excluding tert-OH is 1. The van der Waals surface area contributed by atoms with Crippen LogP contribution in [0.2, 0.25) is 0 Å². The molecule has 1 N–H and O–H groups in total. The molecule has 1 aromatic rings. The minimum atomic E-state index is -3.88. The zero-order valence-corrected chi connectivity index (χ0v) is 12.4. The summed E-state index contributed by atoms with van der Waals surface area (Å²) in [4.78, 5) is -0.402. The monoisotopic (exact) mass is 349 g/mol. The van der Waals surface area contributed by atoms with Gasteiger partial charge in [-0.25, -0.2) is 12.8 Å². The molecule has 1 aliphatic rings. The minimum Gasteiger partial charge on any atom is -0.392 e. The predicted octanol–water partition coefficient (Wildman–Crippen LogP) is 2.03. The van der Waals surface area contributed by atoms with E-state index >= 15 is 0 Å². The molecule has 0 fully saturated rings. The van der Waals surface area contributed by atoms with Crippen molar-refractivity contribution >= 4 is 26.0 Å². The van der Waals surface area contributed by atoms with E-state index in [0.717, 1.165) is 0 Å². The van der Waals surface area contributed by atoms with Crippen molar-refractivity contribution in [3.05, 3.63) is 40.1 Å². The van der Waals surface area contributed by atoms with E-state index in [0.29, 0.717) is 17.4 Å². The largest absolute Gasteiger partial charge is 0.392 e. The smallest absolute Gasteiger partial charge is 0.246 e. The van der Waals surface area contributed by atoms with E-state index in [1.54, 1.807) is 6.08 Å². The van der Waals surface area contributed by atoms with Crippen LogP contribution in [0, 0.1) is 5.82 Å². The van der Waals surface area contributed by atoms with Crippen molar-refractivity contribution in [3.63, 3.8) is 0 Å². The summed E-state index contributed by atoms with van der Waals surface area (Å²) in [5, 5.41) is 9.06. The summed E-state index contributed by atoms with van der Waals surface area (Å²) >= 11 is 3.13. The van der Waals surface area contributed by atoms with Crippen LogP contribution in [0.5, 0.6) is 0 Å². The first-order chi connectivity index (χ1) is 8.96. The van der Waals surface area contributed by atoms with Crippen molar-refractivity contribution in [1.29, 1.82) is 0 Å². The fourth-order valence-electron chi connectivity index (χ4n) is 1.90. The number of nitrogens with zero attached hydrogens (tertiary/aromatic N) is 1. The van der Waals surface area contributed by atoms with Gasteiger partial charge < -0.3 is 5.11 Å². The SMILES string of the molecule is O=S(=O)(c1cc(Br)cc(CO)c1F)N1CC=CCC1. The average Bonchev–Trinajstić information content (AvgIpc) is 2.41. The van der Waals surface area contributed by atoms with E-state index in [1.807, 2.05) is 6.08 Å². The third kappa shape index (κ3) is 2.89. The van der Waals surface area contributed by atoms with Gasteiger partial charge in [0.15, 0.2) is 0 Å². The van der Waals surface area contributed by atoms with Gasteiger partial charge in [0.2, 0.25) is 10.0 Å². The lowest BCUT2D eigenvalue weighted by Gasteiger charge is -2.23. The van der Waals surface area contributed by atoms with Crippen LogP contribution in [0.1, 0.15) is 12.0 Å². The highest BCUT2D eigenvalue weighted by atomic mass is 79.9. The number of benzene rings is 1. The quantitative estimate of drug-likeness (QED) is 0.849. The molecule has 0 atom stereocenters. The fourth-order valence-corrected chi connectivity index (χ4v) is 4.09. The Labute approximate surface area is 119 Å². The van der Waals surface area contributed by atoms with Gasteiger partial charge in [-0.1, -0.05) is 28.1 Å². The number of hydrogen-bond acceptors (Lipinski definition) is 3. The van der Waals surface area contributed by atoms with Crippen LogP contribution < -0.4 is 0 Å². The first-order valence-electron chi connectivity index (χ1n) is 5.70. The van der Waals surface area contributed by atoms with Crippen molar-refractivity contribution < 1.29 is 17.9 Å². The Kier molecular flexibility index (Phi) is 4.39. The molecule has 4 nitrogen and oxygen atoms in total. The molecule has 1 aliphatic heterocycles. The third-order valence-electron chi connectivity index (χ3n) is 2.89. The summed E-state index contributed by atoms with van der Waals surface area (Å²) in [5.74, 6) is -0.889. The maximum atomic E-state index is 14.1. The highest BCUT2D eigenvalue weighted by Crippen LogP contribution is 2.27. The van der Waals surface area contributed by atoms with Gasteiger partial charge in [-0.15, -0.1) is 0 Å². The highest BCUT2D eigenvalue weighted by molar-refractivity contribution is 9.10. The summed E-state index contributed by atoms with van der Waals surface area (Å²) < 4.78 is 40.5. The van der Waals surface area contributed by atoms with Crippen molar-refractivity contribution in [2.75, 3.05) is 13.1 Å². The van der Waals surface area contributed by atoms with Gasteiger partial charge in [-0.05, 0) is 18.6 Å². The van der Waals surface area contributed by atoms with Crippen LogP contribution in [0.4, 0.5) is 4.39 Å². The lowest BCUT2D eigenvalue weighted by atomic mass is 10.2. The molecule has 1 heterocycles. The Bertz CT molecular complexity index is 616. The van der Waals surface area contributed by atoms with Crippen LogP contribution >= 0.6 is 15.9 Å². The Hall–Kier alpha value is -0.760. The molecule has 0 amide bonds. The molecule has 0 radical (unpaired) electrons. The lowest BCUT2D eigenvalue weighted by Crippen LogP contribution is -2.34. The zero-order valence-electron chi connectivity index (χ0n) is 10.0. The summed E-state index contributed by atoms with van der Waals surface area (Å²) in [6, 6.07) is 2.59. The number of sulfonamides is 1. The molecule has 19 heavy (non-hydrogen) atoms. The van der Waals surface area contributed by atoms with Crippen molar-refractivity contribution in [2.24, 2.45) is 0 Å². The second kappa shape index (κ2) is 5.70. The Morgan fingerprint density at radius 3 is 2.68 bits per heavy atom. The van der Waals surface area contributed by atoms with Gasteiger partial charge in [-0.3, -0.25) is 0 Å². The van der Waals surface area contributed by atoms with E-state index in [9.17, 15) is 12.8 Å². The van der Waals surface area contributed by atoms with Crippen LogP contribution in [-0.4, -0.2) is 30.9 Å². The molecule has 104 valence electrons. The number of halogens is 2. The van der Waals surface area contributed by atoms with Gasteiger partial charge in [0.1, 0.15) is 10.7 Å². The summed E-state index contributed by atoms with van der Waals surface area (Å²) in [7, 11) is -3.88. The maximum Gasteiger partial charge on any atom is 0.246 e. The molecule has 0 spiro atoms. The molecule has 2 rings (SSSR count). The zero-order chi connectivity index (χ0) is 14.0. The summed E-state index contributed by atoms with van der Waals surface area (Å²) in [5.41, 5.74) is -0.0412. The molecular weight excluding hydrogens is 337 g/mol. The molecule has 0 saturated carbocycles. The van der Waals surface area contributed by atoms with Gasteiger partial charge in [0.25, 0.3) is 0 Å². The first-order valence-corrected chi connectivity index (χ1v) is 7.94. The topological polar surface area (TPSA) is 57.6 Å². The highest BCUT2D eigenvalue weighted by Gasteiger charge is 2.28. The molecule has 0 aromatic heterocycles. The third-order valence-corrected chi connectivity index (χ3v) is 5.21. The Morgan fingerprint density at radius 2 is 2.11 bits per heavy atom. The molecule has 7 heteroatoms. The standard InChI is InChI=1S/C12H13BrFNO3S/c13-10-6-9(8-16)12(14)11(7-10)19(17,18)15-4-2-1-3-5-15/h1-2,6-7,16H,3-5,8H2.